The lowest BCUT2D eigenvalue weighted by atomic mass is 9.72. The molecule has 1 aliphatic rings. The minimum atomic E-state index is 0.124. The molecule has 0 aromatic heterocycles. The van der Waals surface area contributed by atoms with Gasteiger partial charge in [0.1, 0.15) is 5.75 Å². The van der Waals surface area contributed by atoms with Crippen molar-refractivity contribution in [3.8, 4) is 5.75 Å². The van der Waals surface area contributed by atoms with E-state index in [1.807, 2.05) is 24.3 Å². The second-order valence-corrected chi connectivity index (χ2v) is 6.09. The molecule has 0 radical (unpaired) electrons. The molecular weight excluding hydrogens is 278 g/mol. The summed E-state index contributed by atoms with van der Waals surface area (Å²) in [5, 5.41) is 12.4. The Morgan fingerprint density at radius 1 is 1.27 bits per heavy atom. The summed E-state index contributed by atoms with van der Waals surface area (Å²) in [7, 11) is 1.64. The number of aliphatic hydroxyl groups is 1. The molecule has 0 atom stereocenters. The first-order valence-electron chi connectivity index (χ1n) is 7.99. The topological polar surface area (TPSA) is 79.9 Å². The summed E-state index contributed by atoms with van der Waals surface area (Å²) in [5.41, 5.74) is 7.01. The van der Waals surface area contributed by atoms with Crippen LogP contribution in [0.2, 0.25) is 0 Å². The van der Waals surface area contributed by atoms with Gasteiger partial charge in [-0.05, 0) is 48.9 Å². The standard InChI is InChI=1S/C17H27N3O2/c1-22-15-7-5-14(6-8-15)20-16(18)19-13-17(11-12-21)9-3-2-4-10-17/h5-8,21H,2-4,9-13H2,1H3,(H3,18,19,20). The smallest absolute Gasteiger partial charge is 0.193 e. The van der Waals surface area contributed by atoms with E-state index < -0.39 is 0 Å². The molecule has 2 rings (SSSR count). The molecule has 0 unspecified atom stereocenters. The zero-order chi connectivity index (χ0) is 15.8. The number of rotatable bonds is 6. The number of aliphatic hydroxyl groups excluding tert-OH is 1. The Labute approximate surface area is 132 Å². The van der Waals surface area contributed by atoms with Crippen LogP contribution in [-0.4, -0.2) is 31.3 Å². The van der Waals surface area contributed by atoms with E-state index in [4.69, 9.17) is 10.5 Å². The lowest BCUT2D eigenvalue weighted by molar-refractivity contribution is 0.137. The van der Waals surface area contributed by atoms with Crippen molar-refractivity contribution in [2.45, 2.75) is 38.5 Å². The molecule has 0 heterocycles. The average Bonchev–Trinajstić information content (AvgIpc) is 2.55. The van der Waals surface area contributed by atoms with Crippen molar-refractivity contribution in [2.24, 2.45) is 16.1 Å². The molecule has 1 saturated carbocycles. The fraction of sp³-hybridized carbons (Fsp3) is 0.588. The molecule has 22 heavy (non-hydrogen) atoms. The van der Waals surface area contributed by atoms with E-state index >= 15 is 0 Å². The summed E-state index contributed by atoms with van der Waals surface area (Å²) in [5.74, 6) is 1.23. The maximum absolute atomic E-state index is 9.33. The van der Waals surface area contributed by atoms with Gasteiger partial charge < -0.3 is 20.9 Å². The fourth-order valence-electron chi connectivity index (χ4n) is 3.14. The predicted molar refractivity (Wildman–Crippen MR) is 90.3 cm³/mol. The van der Waals surface area contributed by atoms with Crippen molar-refractivity contribution in [3.05, 3.63) is 24.3 Å². The quantitative estimate of drug-likeness (QED) is 0.558. The Hall–Kier alpha value is -1.75. The van der Waals surface area contributed by atoms with Gasteiger partial charge in [0.2, 0.25) is 0 Å². The van der Waals surface area contributed by atoms with Crippen LogP contribution in [0, 0.1) is 5.41 Å². The SMILES string of the molecule is COc1ccc(NC(N)=NCC2(CCO)CCCCC2)cc1. The molecule has 0 amide bonds. The zero-order valence-electron chi connectivity index (χ0n) is 13.3. The largest absolute Gasteiger partial charge is 0.497 e. The summed E-state index contributed by atoms with van der Waals surface area (Å²) in [4.78, 5) is 4.52. The van der Waals surface area contributed by atoms with E-state index in [0.29, 0.717) is 12.5 Å². The van der Waals surface area contributed by atoms with Gasteiger partial charge in [0.05, 0.1) is 7.11 Å². The maximum atomic E-state index is 9.33. The molecule has 1 fully saturated rings. The Bertz CT molecular complexity index is 474. The van der Waals surface area contributed by atoms with E-state index in [0.717, 1.165) is 30.7 Å². The van der Waals surface area contributed by atoms with E-state index in [2.05, 4.69) is 10.3 Å². The van der Waals surface area contributed by atoms with Gasteiger partial charge in [-0.3, -0.25) is 4.99 Å². The number of guanidine groups is 1. The lowest BCUT2D eigenvalue weighted by Gasteiger charge is -2.35. The minimum Gasteiger partial charge on any atom is -0.497 e. The second-order valence-electron chi connectivity index (χ2n) is 6.09. The van der Waals surface area contributed by atoms with Crippen LogP contribution in [0.1, 0.15) is 38.5 Å². The van der Waals surface area contributed by atoms with Crippen LogP contribution in [0.15, 0.2) is 29.3 Å². The predicted octanol–water partition coefficient (Wildman–Crippen LogP) is 2.75. The molecule has 5 heteroatoms. The number of anilines is 1. The number of hydrogen-bond donors (Lipinski definition) is 3. The third kappa shape index (κ3) is 4.63. The highest BCUT2D eigenvalue weighted by Crippen LogP contribution is 2.39. The number of hydrogen-bond acceptors (Lipinski definition) is 3. The first-order chi connectivity index (χ1) is 10.7. The molecule has 5 nitrogen and oxygen atoms in total. The fourth-order valence-corrected chi connectivity index (χ4v) is 3.14. The van der Waals surface area contributed by atoms with Crippen molar-refractivity contribution < 1.29 is 9.84 Å². The monoisotopic (exact) mass is 305 g/mol. The highest BCUT2D eigenvalue weighted by molar-refractivity contribution is 5.92. The number of ether oxygens (including phenoxy) is 1. The van der Waals surface area contributed by atoms with Crippen LogP contribution in [0.25, 0.3) is 0 Å². The summed E-state index contributed by atoms with van der Waals surface area (Å²) >= 11 is 0. The van der Waals surface area contributed by atoms with Gasteiger partial charge in [0, 0.05) is 18.8 Å². The molecule has 1 aromatic rings. The number of benzene rings is 1. The molecule has 122 valence electrons. The van der Waals surface area contributed by atoms with E-state index in [1.54, 1.807) is 7.11 Å². The molecular formula is C17H27N3O2. The first-order valence-corrected chi connectivity index (χ1v) is 7.99. The van der Waals surface area contributed by atoms with Gasteiger partial charge in [0.25, 0.3) is 0 Å². The van der Waals surface area contributed by atoms with Crippen LogP contribution in [-0.2, 0) is 0 Å². The molecule has 0 bridgehead atoms. The van der Waals surface area contributed by atoms with Crippen molar-refractivity contribution in [1.82, 2.24) is 0 Å². The molecule has 4 N–H and O–H groups in total. The van der Waals surface area contributed by atoms with E-state index in [1.165, 1.54) is 19.3 Å². The first kappa shape index (κ1) is 16.6. The number of methoxy groups -OCH3 is 1. The summed E-state index contributed by atoms with van der Waals surface area (Å²) in [6.45, 7) is 0.907. The number of aliphatic imine (C=N–C) groups is 1. The van der Waals surface area contributed by atoms with Gasteiger partial charge in [-0.2, -0.15) is 0 Å². The van der Waals surface area contributed by atoms with Gasteiger partial charge >= 0.3 is 0 Å². The maximum Gasteiger partial charge on any atom is 0.193 e. The zero-order valence-corrected chi connectivity index (χ0v) is 13.3. The van der Waals surface area contributed by atoms with E-state index in [9.17, 15) is 5.11 Å². The third-order valence-electron chi connectivity index (χ3n) is 4.50. The Kier molecular flexibility index (Phi) is 6.07. The Balaban J connectivity index is 1.94. The van der Waals surface area contributed by atoms with Gasteiger partial charge in [0.15, 0.2) is 5.96 Å². The molecule has 1 aliphatic carbocycles. The van der Waals surface area contributed by atoms with E-state index in [-0.39, 0.29) is 12.0 Å². The van der Waals surface area contributed by atoms with Crippen LogP contribution < -0.4 is 15.8 Å². The lowest BCUT2D eigenvalue weighted by Crippen LogP contribution is -2.31. The summed E-state index contributed by atoms with van der Waals surface area (Å²) < 4.78 is 5.13. The van der Waals surface area contributed by atoms with Gasteiger partial charge in [-0.1, -0.05) is 19.3 Å². The number of nitrogens with one attached hydrogen (secondary N) is 1. The normalized spacial score (nSPS) is 18.0. The van der Waals surface area contributed by atoms with Crippen LogP contribution in [0.4, 0.5) is 5.69 Å². The summed E-state index contributed by atoms with van der Waals surface area (Å²) in [6, 6.07) is 7.57. The third-order valence-corrected chi connectivity index (χ3v) is 4.50. The van der Waals surface area contributed by atoms with Crippen LogP contribution >= 0.6 is 0 Å². The Morgan fingerprint density at radius 2 is 1.95 bits per heavy atom. The molecule has 1 aromatic carbocycles. The number of nitrogens with zero attached hydrogens (tertiary/aromatic N) is 1. The molecule has 0 aliphatic heterocycles. The van der Waals surface area contributed by atoms with Crippen molar-refractivity contribution in [2.75, 3.05) is 25.6 Å². The van der Waals surface area contributed by atoms with Crippen LogP contribution in [0.5, 0.6) is 5.75 Å². The van der Waals surface area contributed by atoms with Crippen molar-refractivity contribution >= 4 is 11.6 Å². The summed E-state index contributed by atoms with van der Waals surface area (Å²) in [6.07, 6.45) is 6.81. The van der Waals surface area contributed by atoms with Crippen molar-refractivity contribution in [3.63, 3.8) is 0 Å². The average molecular weight is 305 g/mol. The van der Waals surface area contributed by atoms with Crippen molar-refractivity contribution in [1.29, 1.82) is 0 Å². The van der Waals surface area contributed by atoms with Gasteiger partial charge in [-0.25, -0.2) is 0 Å². The van der Waals surface area contributed by atoms with Gasteiger partial charge in [-0.15, -0.1) is 0 Å². The molecule has 0 saturated heterocycles. The highest BCUT2D eigenvalue weighted by Gasteiger charge is 2.31. The number of nitrogens with two attached hydrogens (primary N) is 1. The Morgan fingerprint density at radius 3 is 2.55 bits per heavy atom. The van der Waals surface area contributed by atoms with Crippen LogP contribution in [0.3, 0.4) is 0 Å². The highest BCUT2D eigenvalue weighted by atomic mass is 16.5. The molecule has 0 spiro atoms. The minimum absolute atomic E-state index is 0.124. The second kappa shape index (κ2) is 8.03.